The van der Waals surface area contributed by atoms with E-state index in [0.717, 1.165) is 5.56 Å². The van der Waals surface area contributed by atoms with E-state index in [1.807, 2.05) is 30.3 Å². The van der Waals surface area contributed by atoms with Gasteiger partial charge in [0.2, 0.25) is 0 Å². The monoisotopic (exact) mass is 369 g/mol. The first-order valence-corrected chi connectivity index (χ1v) is 7.70. The summed E-state index contributed by atoms with van der Waals surface area (Å²) < 4.78 is 19.6. The highest BCUT2D eigenvalue weighted by Gasteiger charge is 2.10. The summed E-state index contributed by atoms with van der Waals surface area (Å²) in [6.07, 6.45) is -0.682. The van der Waals surface area contributed by atoms with Gasteiger partial charge < -0.3 is 20.9 Å². The molecule has 0 bridgehead atoms. The standard InChI is InChI=1S/C16H18BrFN2O2/c17-13-6-15(19)14(18)7-16(13)20-8-12(21)10-22-9-11-4-2-1-3-5-11/h1-7,12,20-21H,8-10,19H2/p+1. The number of anilines is 1. The van der Waals surface area contributed by atoms with E-state index in [1.54, 1.807) is 6.07 Å². The van der Waals surface area contributed by atoms with Gasteiger partial charge in [-0.2, -0.15) is 0 Å². The minimum atomic E-state index is -0.682. The topological polar surface area (TPSA) is 69.1 Å². The van der Waals surface area contributed by atoms with Gasteiger partial charge in [0.25, 0.3) is 0 Å². The van der Waals surface area contributed by atoms with Gasteiger partial charge >= 0.3 is 0 Å². The van der Waals surface area contributed by atoms with Crippen molar-refractivity contribution in [3.63, 3.8) is 0 Å². The Labute approximate surface area is 137 Å². The Morgan fingerprint density at radius 1 is 1.27 bits per heavy atom. The number of hydrogen-bond acceptors (Lipinski definition) is 3. The summed E-state index contributed by atoms with van der Waals surface area (Å²) in [7, 11) is 0. The van der Waals surface area contributed by atoms with Gasteiger partial charge in [0.05, 0.1) is 25.0 Å². The molecule has 0 aromatic heterocycles. The SMILES string of the molecule is [NH3+]c1cc(Br)c(NCC(O)COCc2ccccc2)cc1F. The van der Waals surface area contributed by atoms with Crippen LogP contribution < -0.4 is 11.1 Å². The molecule has 2 rings (SSSR count). The fourth-order valence-electron chi connectivity index (χ4n) is 1.90. The lowest BCUT2D eigenvalue weighted by Crippen LogP contribution is -2.41. The molecule has 1 atom stereocenters. The second-order valence-electron chi connectivity index (χ2n) is 4.96. The fourth-order valence-corrected chi connectivity index (χ4v) is 2.43. The quantitative estimate of drug-likeness (QED) is 0.701. The molecule has 22 heavy (non-hydrogen) atoms. The van der Waals surface area contributed by atoms with Crippen LogP contribution in [0.1, 0.15) is 5.56 Å². The van der Waals surface area contributed by atoms with Gasteiger partial charge in [-0.05, 0) is 21.5 Å². The molecule has 4 nitrogen and oxygen atoms in total. The molecule has 2 aromatic rings. The Hall–Kier alpha value is -1.47. The van der Waals surface area contributed by atoms with Crippen molar-refractivity contribution in [2.45, 2.75) is 12.7 Å². The Balaban J connectivity index is 1.76. The van der Waals surface area contributed by atoms with Crippen LogP contribution in [0.2, 0.25) is 0 Å². The van der Waals surface area contributed by atoms with E-state index in [2.05, 4.69) is 27.0 Å². The van der Waals surface area contributed by atoms with Gasteiger partial charge in [-0.15, -0.1) is 0 Å². The molecule has 0 amide bonds. The average molecular weight is 370 g/mol. The molecule has 5 N–H and O–H groups in total. The Morgan fingerprint density at radius 3 is 2.73 bits per heavy atom. The highest BCUT2D eigenvalue weighted by molar-refractivity contribution is 9.10. The van der Waals surface area contributed by atoms with Crippen LogP contribution in [-0.2, 0) is 11.3 Å². The van der Waals surface area contributed by atoms with Crippen LogP contribution in [0, 0.1) is 5.82 Å². The third-order valence-corrected chi connectivity index (χ3v) is 3.74. The zero-order valence-corrected chi connectivity index (χ0v) is 13.6. The first-order valence-electron chi connectivity index (χ1n) is 6.91. The minimum Gasteiger partial charge on any atom is -0.389 e. The maximum absolute atomic E-state index is 13.5. The predicted octanol–water partition coefficient (Wildman–Crippen LogP) is 2.45. The van der Waals surface area contributed by atoms with E-state index in [9.17, 15) is 9.50 Å². The minimum absolute atomic E-state index is 0.204. The van der Waals surface area contributed by atoms with E-state index in [4.69, 9.17) is 4.74 Å². The van der Waals surface area contributed by atoms with Crippen LogP contribution in [0.15, 0.2) is 46.9 Å². The van der Waals surface area contributed by atoms with Gasteiger partial charge in [-0.3, -0.25) is 0 Å². The third-order valence-electron chi connectivity index (χ3n) is 3.09. The molecule has 0 spiro atoms. The number of hydrogen-bond donors (Lipinski definition) is 3. The molecule has 6 heteroatoms. The normalized spacial score (nSPS) is 12.2. The molecule has 0 radical (unpaired) electrons. The predicted molar refractivity (Wildman–Crippen MR) is 87.2 cm³/mol. The van der Waals surface area contributed by atoms with Crippen molar-refractivity contribution in [3.8, 4) is 0 Å². The Kier molecular flexibility index (Phi) is 6.33. The van der Waals surface area contributed by atoms with E-state index >= 15 is 0 Å². The fraction of sp³-hybridized carbons (Fsp3) is 0.250. The third kappa shape index (κ3) is 5.06. The van der Waals surface area contributed by atoms with Crippen molar-refractivity contribution in [1.82, 2.24) is 0 Å². The Bertz CT molecular complexity index is 611. The summed E-state index contributed by atoms with van der Waals surface area (Å²) in [6.45, 7) is 0.922. The number of halogens is 2. The first kappa shape index (κ1) is 16.9. The van der Waals surface area contributed by atoms with Crippen molar-refractivity contribution >= 4 is 27.3 Å². The smallest absolute Gasteiger partial charge is 0.185 e. The molecule has 0 saturated heterocycles. The number of rotatable bonds is 7. The number of aliphatic hydroxyl groups excluding tert-OH is 1. The zero-order chi connectivity index (χ0) is 15.9. The largest absolute Gasteiger partial charge is 0.389 e. The van der Waals surface area contributed by atoms with E-state index in [0.29, 0.717) is 22.5 Å². The number of ether oxygens (including phenoxy) is 1. The molecule has 0 aliphatic carbocycles. The van der Waals surface area contributed by atoms with Crippen LogP contribution in [0.3, 0.4) is 0 Å². The van der Waals surface area contributed by atoms with Crippen molar-refractivity contribution < 1.29 is 20.0 Å². The van der Waals surface area contributed by atoms with Crippen molar-refractivity contribution in [3.05, 3.63) is 58.3 Å². The van der Waals surface area contributed by atoms with Crippen LogP contribution in [-0.4, -0.2) is 24.4 Å². The lowest BCUT2D eigenvalue weighted by molar-refractivity contribution is -0.258. The molecule has 118 valence electrons. The summed E-state index contributed by atoms with van der Waals surface area (Å²) in [4.78, 5) is 0. The number of benzene rings is 2. The van der Waals surface area contributed by atoms with E-state index in [-0.39, 0.29) is 19.0 Å². The molecular formula is C16H19BrFN2O2+. The van der Waals surface area contributed by atoms with Gasteiger partial charge in [0, 0.05) is 23.2 Å². The highest BCUT2D eigenvalue weighted by atomic mass is 79.9. The summed E-state index contributed by atoms with van der Waals surface area (Å²) in [5.74, 6) is -0.388. The van der Waals surface area contributed by atoms with Crippen LogP contribution in [0.25, 0.3) is 0 Å². The van der Waals surface area contributed by atoms with E-state index < -0.39 is 6.10 Å². The van der Waals surface area contributed by atoms with E-state index in [1.165, 1.54) is 6.07 Å². The van der Waals surface area contributed by atoms with Crippen LogP contribution >= 0.6 is 15.9 Å². The van der Waals surface area contributed by atoms with Gasteiger partial charge in [0.15, 0.2) is 11.5 Å². The highest BCUT2D eigenvalue weighted by Crippen LogP contribution is 2.26. The van der Waals surface area contributed by atoms with Gasteiger partial charge in [-0.1, -0.05) is 30.3 Å². The van der Waals surface area contributed by atoms with Crippen LogP contribution in [0.5, 0.6) is 0 Å². The van der Waals surface area contributed by atoms with Crippen LogP contribution in [0.4, 0.5) is 15.8 Å². The number of aliphatic hydroxyl groups is 1. The summed E-state index contributed by atoms with van der Waals surface area (Å²) in [5, 5.41) is 12.9. The van der Waals surface area contributed by atoms with Crippen molar-refractivity contribution in [1.29, 1.82) is 0 Å². The summed E-state index contributed by atoms with van der Waals surface area (Å²) in [5.41, 5.74) is 5.54. The molecule has 1 unspecified atom stereocenters. The molecule has 2 aromatic carbocycles. The summed E-state index contributed by atoms with van der Waals surface area (Å²) >= 11 is 3.33. The van der Waals surface area contributed by atoms with Crippen molar-refractivity contribution in [2.75, 3.05) is 18.5 Å². The average Bonchev–Trinajstić information content (AvgIpc) is 2.50. The molecule has 0 saturated carbocycles. The second-order valence-corrected chi connectivity index (χ2v) is 5.81. The molecular weight excluding hydrogens is 351 g/mol. The Morgan fingerprint density at radius 2 is 2.00 bits per heavy atom. The maximum Gasteiger partial charge on any atom is 0.185 e. The zero-order valence-electron chi connectivity index (χ0n) is 12.1. The lowest BCUT2D eigenvalue weighted by Gasteiger charge is -2.14. The number of nitrogens with one attached hydrogen (secondary N) is 1. The second kappa shape index (κ2) is 8.24. The van der Waals surface area contributed by atoms with Crippen molar-refractivity contribution in [2.24, 2.45) is 0 Å². The molecule has 0 heterocycles. The number of quaternary nitrogens is 1. The van der Waals surface area contributed by atoms with Gasteiger partial charge in [0.1, 0.15) is 0 Å². The lowest BCUT2D eigenvalue weighted by atomic mass is 10.2. The first-order chi connectivity index (χ1) is 10.6. The molecule has 0 aliphatic heterocycles. The molecule has 0 fully saturated rings. The van der Waals surface area contributed by atoms with Gasteiger partial charge in [-0.25, -0.2) is 4.39 Å². The molecule has 0 aliphatic rings. The maximum atomic E-state index is 13.5. The summed E-state index contributed by atoms with van der Waals surface area (Å²) in [6, 6.07) is 12.7.